The van der Waals surface area contributed by atoms with Gasteiger partial charge < -0.3 is 14.4 Å². The summed E-state index contributed by atoms with van der Waals surface area (Å²) in [5.74, 6) is 0.305. The number of likely N-dealkylation sites (tertiary alicyclic amines) is 1. The van der Waals surface area contributed by atoms with Crippen LogP contribution in [0.25, 0.3) is 5.57 Å². The molecule has 5 rings (SSSR count). The molecule has 1 fully saturated rings. The summed E-state index contributed by atoms with van der Waals surface area (Å²) in [4.78, 5) is 2.44. The Morgan fingerprint density at radius 2 is 1.58 bits per heavy atom. The van der Waals surface area contributed by atoms with E-state index in [4.69, 9.17) is 21.1 Å². The van der Waals surface area contributed by atoms with Crippen LogP contribution in [0.5, 0.6) is 5.75 Å². The van der Waals surface area contributed by atoms with Gasteiger partial charge in [0.2, 0.25) is 0 Å². The summed E-state index contributed by atoms with van der Waals surface area (Å²) in [5.41, 5.74) is 3.49. The van der Waals surface area contributed by atoms with E-state index in [1.165, 1.54) is 24.3 Å². The first kappa shape index (κ1) is 24.9. The molecule has 6 heteroatoms. The zero-order valence-corrected chi connectivity index (χ0v) is 21.1. The van der Waals surface area contributed by atoms with Crippen molar-refractivity contribution in [2.24, 2.45) is 0 Å². The van der Waals surface area contributed by atoms with Gasteiger partial charge in [-0.15, -0.1) is 0 Å². The van der Waals surface area contributed by atoms with Crippen LogP contribution < -0.4 is 4.74 Å². The molecule has 0 radical (unpaired) electrons. The highest BCUT2D eigenvalue weighted by atomic mass is 35.5. The number of ether oxygens (including phenoxy) is 2. The molecule has 0 amide bonds. The lowest BCUT2D eigenvalue weighted by Gasteiger charge is -2.43. The molecular weight excluding hydrogens is 480 g/mol. The van der Waals surface area contributed by atoms with Gasteiger partial charge in [0.05, 0.1) is 6.61 Å². The highest BCUT2D eigenvalue weighted by Gasteiger charge is 2.43. The van der Waals surface area contributed by atoms with Gasteiger partial charge in [-0.2, -0.15) is 0 Å². The van der Waals surface area contributed by atoms with Crippen molar-refractivity contribution >= 4 is 17.2 Å². The van der Waals surface area contributed by atoms with Crippen LogP contribution in [0.15, 0.2) is 72.8 Å². The zero-order chi connectivity index (χ0) is 25.1. The Balaban J connectivity index is 1.23. The first-order valence-electron chi connectivity index (χ1n) is 12.5. The average Bonchev–Trinajstić information content (AvgIpc) is 3.01. The van der Waals surface area contributed by atoms with Crippen molar-refractivity contribution in [2.75, 3.05) is 19.6 Å². The minimum absolute atomic E-state index is 0.0504. The highest BCUT2D eigenvalue weighted by molar-refractivity contribution is 6.30. The fourth-order valence-electron chi connectivity index (χ4n) is 5.17. The van der Waals surface area contributed by atoms with Gasteiger partial charge in [-0.05, 0) is 85.4 Å². The fraction of sp³-hybridized carbons (Fsp3) is 0.333. The zero-order valence-electron chi connectivity index (χ0n) is 20.4. The maximum absolute atomic E-state index is 13.5. The predicted molar refractivity (Wildman–Crippen MR) is 139 cm³/mol. The lowest BCUT2D eigenvalue weighted by atomic mass is 9.86. The highest BCUT2D eigenvalue weighted by Crippen LogP contribution is 2.38. The topological polar surface area (TPSA) is 21.7 Å². The Labute approximate surface area is 216 Å². The number of nitrogens with zero attached hydrogens (tertiary/aromatic N) is 1. The summed E-state index contributed by atoms with van der Waals surface area (Å²) >= 11 is 6.17. The van der Waals surface area contributed by atoms with Crippen molar-refractivity contribution < 1.29 is 18.3 Å². The number of hydrogen-bond donors (Lipinski definition) is 0. The van der Waals surface area contributed by atoms with Crippen molar-refractivity contribution in [3.8, 4) is 5.75 Å². The Kier molecular flexibility index (Phi) is 7.42. The van der Waals surface area contributed by atoms with Gasteiger partial charge in [-0.25, -0.2) is 8.78 Å². The molecule has 0 bridgehead atoms. The lowest BCUT2D eigenvalue weighted by molar-refractivity contribution is -0.135. The third kappa shape index (κ3) is 5.49. The second-order valence-electron chi connectivity index (χ2n) is 9.63. The van der Waals surface area contributed by atoms with Crippen LogP contribution in [0.3, 0.4) is 0 Å². The quantitative estimate of drug-likeness (QED) is 0.361. The second-order valence-corrected chi connectivity index (χ2v) is 10.1. The molecule has 2 heterocycles. The third-order valence-electron chi connectivity index (χ3n) is 7.39. The maximum Gasteiger partial charge on any atom is 0.125 e. The number of halogens is 3. The predicted octanol–water partition coefficient (Wildman–Crippen LogP) is 7.27. The maximum atomic E-state index is 13.5. The van der Waals surface area contributed by atoms with Crippen LogP contribution in [0.1, 0.15) is 42.9 Å². The molecule has 0 aliphatic carbocycles. The van der Waals surface area contributed by atoms with Gasteiger partial charge in [0.1, 0.15) is 29.1 Å². The van der Waals surface area contributed by atoms with Crippen LogP contribution in [-0.2, 0) is 11.3 Å². The van der Waals surface area contributed by atoms with E-state index < -0.39 is 0 Å². The normalized spacial score (nSPS) is 19.3. The smallest absolute Gasteiger partial charge is 0.125 e. The van der Waals surface area contributed by atoms with E-state index in [0.717, 1.165) is 66.9 Å². The van der Waals surface area contributed by atoms with Crippen LogP contribution >= 0.6 is 11.6 Å². The van der Waals surface area contributed by atoms with E-state index in [0.29, 0.717) is 11.6 Å². The molecule has 1 spiro atoms. The number of benzene rings is 3. The van der Waals surface area contributed by atoms with E-state index >= 15 is 0 Å². The molecule has 1 saturated heterocycles. The summed E-state index contributed by atoms with van der Waals surface area (Å²) < 4.78 is 39.8. The van der Waals surface area contributed by atoms with Crippen LogP contribution in [0.2, 0.25) is 5.02 Å². The molecule has 0 N–H and O–H groups in total. The number of fused-ring (bicyclic) bond motifs is 1. The van der Waals surface area contributed by atoms with Crippen LogP contribution in [0.4, 0.5) is 8.78 Å². The molecule has 2 aliphatic rings. The lowest BCUT2D eigenvalue weighted by Crippen LogP contribution is -2.53. The van der Waals surface area contributed by atoms with E-state index in [9.17, 15) is 8.78 Å². The molecule has 188 valence electrons. The van der Waals surface area contributed by atoms with Gasteiger partial charge in [0, 0.05) is 30.2 Å². The SMILES string of the molecule is CC1Oc2ccc(Cl)cc2COC12CCN(CCC=C(c1ccc(F)cc1)c1ccc(F)cc1)CC2. The van der Waals surface area contributed by atoms with E-state index in [-0.39, 0.29) is 23.3 Å². The summed E-state index contributed by atoms with van der Waals surface area (Å²) in [6.07, 6.45) is 4.73. The van der Waals surface area contributed by atoms with Crippen LogP contribution in [-0.4, -0.2) is 36.2 Å². The Morgan fingerprint density at radius 3 is 2.19 bits per heavy atom. The summed E-state index contributed by atoms with van der Waals surface area (Å²) in [7, 11) is 0. The van der Waals surface area contributed by atoms with Crippen molar-refractivity contribution in [1.29, 1.82) is 0 Å². The summed E-state index contributed by atoms with van der Waals surface area (Å²) in [6, 6.07) is 18.6. The number of rotatable bonds is 5. The first-order valence-corrected chi connectivity index (χ1v) is 12.8. The van der Waals surface area contributed by atoms with Crippen LogP contribution in [0, 0.1) is 11.6 Å². The van der Waals surface area contributed by atoms with E-state index in [1.807, 2.05) is 18.2 Å². The number of piperidine rings is 1. The van der Waals surface area contributed by atoms with Crippen molar-refractivity contribution in [2.45, 2.75) is 44.5 Å². The molecule has 2 aliphatic heterocycles. The van der Waals surface area contributed by atoms with Gasteiger partial charge in [0.25, 0.3) is 0 Å². The largest absolute Gasteiger partial charge is 0.487 e. The molecular formula is C30H30ClF2NO2. The van der Waals surface area contributed by atoms with Crippen molar-refractivity contribution in [3.05, 3.63) is 106 Å². The first-order chi connectivity index (χ1) is 17.4. The molecule has 3 aromatic rings. The third-order valence-corrected chi connectivity index (χ3v) is 7.62. The van der Waals surface area contributed by atoms with E-state index in [1.54, 1.807) is 24.3 Å². The van der Waals surface area contributed by atoms with Crippen molar-refractivity contribution in [3.63, 3.8) is 0 Å². The Morgan fingerprint density at radius 1 is 0.972 bits per heavy atom. The second kappa shape index (κ2) is 10.7. The minimum atomic E-state index is -0.314. The van der Waals surface area contributed by atoms with Gasteiger partial charge in [-0.3, -0.25) is 0 Å². The van der Waals surface area contributed by atoms with E-state index in [2.05, 4.69) is 17.9 Å². The average molecular weight is 510 g/mol. The van der Waals surface area contributed by atoms with Gasteiger partial charge >= 0.3 is 0 Å². The Bertz CT molecular complexity index is 1170. The molecule has 3 nitrogen and oxygen atoms in total. The monoisotopic (exact) mass is 509 g/mol. The minimum Gasteiger partial charge on any atom is -0.487 e. The molecule has 1 atom stereocenters. The number of hydrogen-bond acceptors (Lipinski definition) is 3. The molecule has 0 saturated carbocycles. The van der Waals surface area contributed by atoms with Gasteiger partial charge in [0.15, 0.2) is 0 Å². The fourth-order valence-corrected chi connectivity index (χ4v) is 5.37. The molecule has 36 heavy (non-hydrogen) atoms. The van der Waals surface area contributed by atoms with Gasteiger partial charge in [-0.1, -0.05) is 41.9 Å². The molecule has 0 aromatic heterocycles. The Hall–Kier alpha value is -2.73. The molecule has 1 unspecified atom stereocenters. The van der Waals surface area contributed by atoms with Crippen molar-refractivity contribution in [1.82, 2.24) is 4.90 Å². The summed E-state index contributed by atoms with van der Waals surface area (Å²) in [6.45, 7) is 5.33. The summed E-state index contributed by atoms with van der Waals surface area (Å²) in [5, 5.41) is 0.688. The molecule has 3 aromatic carbocycles. The standard InChI is InChI=1S/C30H30ClF2NO2/c1-21-30(35-20-24-19-25(31)8-13-29(24)36-21)14-17-34(18-15-30)16-2-3-28(22-4-9-26(32)10-5-22)23-6-11-27(33)12-7-23/h3-13,19,21H,2,14-18,20H2,1H3.